The fourth-order valence-electron chi connectivity index (χ4n) is 2.51. The van der Waals surface area contributed by atoms with Crippen LogP contribution in [0.15, 0.2) is 0 Å². The summed E-state index contributed by atoms with van der Waals surface area (Å²) in [6.07, 6.45) is 19.0. The molecule has 0 atom stereocenters. The minimum absolute atomic E-state index is 0.153. The van der Waals surface area contributed by atoms with Crippen molar-refractivity contribution in [1.29, 1.82) is 0 Å². The number of unbranched alkanes of at least 4 members (excludes halogenated alkanes) is 13. The van der Waals surface area contributed by atoms with Gasteiger partial charge in [0.25, 0.3) is 0 Å². The molecule has 152 valence electrons. The topological polar surface area (TPSA) is 101 Å². The van der Waals surface area contributed by atoms with Crippen LogP contribution >= 0.6 is 0 Å². The molecule has 0 aromatic heterocycles. The number of hydrogen-bond acceptors (Lipinski definition) is 4. The molecule has 0 heterocycles. The molecule has 2 N–H and O–H groups in total. The van der Waals surface area contributed by atoms with Gasteiger partial charge in [-0.3, -0.25) is 13.9 Å². The Bertz CT molecular complexity index is 373. The van der Waals surface area contributed by atoms with E-state index in [0.717, 1.165) is 6.42 Å². The predicted molar refractivity (Wildman–Crippen MR) is 101 cm³/mol. The lowest BCUT2D eigenvalue weighted by Gasteiger charge is -2.03. The lowest BCUT2D eigenvalue weighted by atomic mass is 10.0. The van der Waals surface area contributed by atoms with Crippen molar-refractivity contribution in [3.63, 3.8) is 0 Å². The number of ether oxygens (including phenoxy) is 1. The van der Waals surface area contributed by atoms with Crippen molar-refractivity contribution in [2.75, 3.05) is 6.61 Å². The summed E-state index contributed by atoms with van der Waals surface area (Å²) in [7, 11) is -4.67. The highest BCUT2D eigenvalue weighted by molar-refractivity contribution is 7.79. The number of carbonyl (C=O) groups excluding carboxylic acids is 1. The fourth-order valence-corrected chi connectivity index (χ4v) is 2.51. The average Bonchev–Trinajstić information content (AvgIpc) is 2.49. The molecule has 0 saturated heterocycles. The minimum atomic E-state index is -4.67. The molecule has 0 radical (unpaired) electrons. The van der Waals surface area contributed by atoms with E-state index < -0.39 is 10.4 Å². The molecular weight excluding hydrogens is 344 g/mol. The first-order chi connectivity index (χ1) is 11.8. The molecule has 0 amide bonds. The third-order valence-corrected chi connectivity index (χ3v) is 3.80. The molecule has 0 aliphatic heterocycles. The fraction of sp³-hybridized carbons (Fsp3) is 0.944. The van der Waals surface area contributed by atoms with Gasteiger partial charge in [-0.15, -0.1) is 0 Å². The van der Waals surface area contributed by atoms with E-state index in [1.807, 2.05) is 0 Å². The first-order valence-corrected chi connectivity index (χ1v) is 11.0. The zero-order valence-electron chi connectivity index (χ0n) is 16.0. The summed E-state index contributed by atoms with van der Waals surface area (Å²) in [5, 5.41) is 0. The lowest BCUT2D eigenvalue weighted by molar-refractivity contribution is -0.141. The van der Waals surface area contributed by atoms with E-state index in [9.17, 15) is 4.79 Å². The summed E-state index contributed by atoms with van der Waals surface area (Å²) < 4.78 is 36.5. The van der Waals surface area contributed by atoms with E-state index in [1.165, 1.54) is 90.4 Å². The van der Waals surface area contributed by atoms with Gasteiger partial charge in [0, 0.05) is 6.92 Å². The molecule has 0 aromatic rings. The van der Waals surface area contributed by atoms with Gasteiger partial charge in [0.15, 0.2) is 0 Å². The normalized spacial score (nSPS) is 10.9. The molecular formula is C18H38O6S. The van der Waals surface area contributed by atoms with E-state index in [2.05, 4.69) is 6.92 Å². The minimum Gasteiger partial charge on any atom is -0.466 e. The average molecular weight is 383 g/mol. The van der Waals surface area contributed by atoms with Crippen LogP contribution in [0.4, 0.5) is 0 Å². The second-order valence-electron chi connectivity index (χ2n) is 6.38. The molecule has 0 fully saturated rings. The van der Waals surface area contributed by atoms with E-state index in [0.29, 0.717) is 6.61 Å². The summed E-state index contributed by atoms with van der Waals surface area (Å²) in [5.74, 6) is -0.153. The molecule has 0 aliphatic rings. The molecule has 7 heteroatoms. The van der Waals surface area contributed by atoms with Gasteiger partial charge in [0.1, 0.15) is 0 Å². The van der Waals surface area contributed by atoms with Gasteiger partial charge >= 0.3 is 16.4 Å². The second kappa shape index (κ2) is 19.7. The van der Waals surface area contributed by atoms with Crippen molar-refractivity contribution in [2.24, 2.45) is 0 Å². The highest BCUT2D eigenvalue weighted by Gasteiger charge is 1.95. The second-order valence-corrected chi connectivity index (χ2v) is 7.28. The quantitative estimate of drug-likeness (QED) is 0.224. The maximum atomic E-state index is 10.6. The van der Waals surface area contributed by atoms with Crippen molar-refractivity contribution in [3.8, 4) is 0 Å². The summed E-state index contributed by atoms with van der Waals surface area (Å²) >= 11 is 0. The highest BCUT2D eigenvalue weighted by Crippen LogP contribution is 2.12. The highest BCUT2D eigenvalue weighted by atomic mass is 32.3. The molecule has 0 aliphatic carbocycles. The maximum Gasteiger partial charge on any atom is 0.394 e. The van der Waals surface area contributed by atoms with Crippen LogP contribution in [0.1, 0.15) is 104 Å². The van der Waals surface area contributed by atoms with Gasteiger partial charge < -0.3 is 4.74 Å². The zero-order valence-corrected chi connectivity index (χ0v) is 16.9. The van der Waals surface area contributed by atoms with E-state index in [1.54, 1.807) is 0 Å². The van der Waals surface area contributed by atoms with Crippen LogP contribution in [0.2, 0.25) is 0 Å². The SMILES string of the molecule is CCCCCCCCCCCCCCCCOC(C)=O.O=S(=O)(O)O. The van der Waals surface area contributed by atoms with Crippen LogP contribution in [-0.4, -0.2) is 30.1 Å². The lowest BCUT2D eigenvalue weighted by Crippen LogP contribution is -2.00. The Morgan fingerprint density at radius 2 is 1.00 bits per heavy atom. The van der Waals surface area contributed by atoms with Crippen LogP contribution in [0.25, 0.3) is 0 Å². The molecule has 0 unspecified atom stereocenters. The van der Waals surface area contributed by atoms with Crippen LogP contribution in [0.5, 0.6) is 0 Å². The van der Waals surface area contributed by atoms with Gasteiger partial charge in [-0.25, -0.2) is 0 Å². The molecule has 6 nitrogen and oxygen atoms in total. The Hall–Kier alpha value is -0.660. The number of carbonyl (C=O) groups is 1. The van der Waals surface area contributed by atoms with Crippen molar-refractivity contribution in [2.45, 2.75) is 104 Å². The third kappa shape index (κ3) is 39.8. The van der Waals surface area contributed by atoms with Gasteiger partial charge in [-0.05, 0) is 6.42 Å². The third-order valence-electron chi connectivity index (χ3n) is 3.80. The monoisotopic (exact) mass is 382 g/mol. The van der Waals surface area contributed by atoms with Crippen molar-refractivity contribution in [1.82, 2.24) is 0 Å². The van der Waals surface area contributed by atoms with Gasteiger partial charge in [0.2, 0.25) is 0 Å². The number of rotatable bonds is 15. The first kappa shape index (κ1) is 26.6. The molecule has 0 spiro atoms. The Labute approximate surface area is 154 Å². The number of hydrogen-bond donors (Lipinski definition) is 2. The van der Waals surface area contributed by atoms with Crippen molar-refractivity contribution >= 4 is 16.4 Å². The first-order valence-electron chi connectivity index (χ1n) is 9.60. The van der Waals surface area contributed by atoms with E-state index in [4.69, 9.17) is 22.3 Å². The maximum absolute atomic E-state index is 10.6. The number of esters is 1. The summed E-state index contributed by atoms with van der Waals surface area (Å²) in [6.45, 7) is 4.35. The van der Waals surface area contributed by atoms with Crippen LogP contribution < -0.4 is 0 Å². The Kier molecular flexibility index (Phi) is 20.9. The standard InChI is InChI=1S/C18H36O2.H2O4S/c1-3-4-5-6-7-8-9-10-11-12-13-14-15-16-17-20-18(2)19;1-5(2,3)4/h3-17H2,1-2H3;(H2,1,2,3,4). The van der Waals surface area contributed by atoms with Crippen molar-refractivity contribution in [3.05, 3.63) is 0 Å². The van der Waals surface area contributed by atoms with Gasteiger partial charge in [-0.2, -0.15) is 8.42 Å². The molecule has 0 bridgehead atoms. The Balaban J connectivity index is 0. The summed E-state index contributed by atoms with van der Waals surface area (Å²) in [6, 6.07) is 0. The van der Waals surface area contributed by atoms with E-state index in [-0.39, 0.29) is 5.97 Å². The molecule has 0 aromatic carbocycles. The van der Waals surface area contributed by atoms with Gasteiger partial charge in [-0.1, -0.05) is 90.4 Å². The molecule has 25 heavy (non-hydrogen) atoms. The summed E-state index contributed by atoms with van der Waals surface area (Å²) in [5.41, 5.74) is 0. The Morgan fingerprint density at radius 3 is 1.28 bits per heavy atom. The van der Waals surface area contributed by atoms with Crippen LogP contribution in [-0.2, 0) is 19.9 Å². The molecule has 0 saturated carbocycles. The predicted octanol–water partition coefficient (Wildman–Crippen LogP) is 5.38. The van der Waals surface area contributed by atoms with E-state index >= 15 is 0 Å². The Morgan fingerprint density at radius 1 is 0.720 bits per heavy atom. The largest absolute Gasteiger partial charge is 0.466 e. The summed E-state index contributed by atoms with van der Waals surface area (Å²) in [4.78, 5) is 10.6. The van der Waals surface area contributed by atoms with Crippen LogP contribution in [0.3, 0.4) is 0 Å². The smallest absolute Gasteiger partial charge is 0.394 e. The zero-order chi connectivity index (χ0) is 19.4. The van der Waals surface area contributed by atoms with Crippen LogP contribution in [0, 0.1) is 0 Å². The van der Waals surface area contributed by atoms with Gasteiger partial charge in [0.05, 0.1) is 6.61 Å². The van der Waals surface area contributed by atoms with Crippen molar-refractivity contribution < 1.29 is 27.1 Å². The molecule has 0 rings (SSSR count).